The van der Waals surface area contributed by atoms with Crippen molar-refractivity contribution in [3.63, 3.8) is 0 Å². The third-order valence-electron chi connectivity index (χ3n) is 4.76. The molecule has 0 saturated carbocycles. The van der Waals surface area contributed by atoms with E-state index in [0.717, 1.165) is 29.1 Å². The SMILES string of the molecule is COc1cc(F)cc(/C(=C/C(=N)Cn2cnc(CF)c(Oc3cc(Cl)cc(C#N)c3)c2=O)C(N)=O)c1. The standard InChI is InChI=1S/C24H18ClF2N5O4/c1-35-18-5-14(4-16(27)7-18)20(23(30)33)8-17(29)11-32-12-31-21(9-26)22(24(32)34)36-19-3-13(10-28)2-15(25)6-19/h2-8,12,29H,9,11H2,1H3,(H2,30,33)/b20-8-,29-17?. The molecule has 3 aromatic rings. The van der Waals surface area contributed by atoms with Crippen molar-refractivity contribution in [3.8, 4) is 23.3 Å². The molecule has 3 rings (SSSR count). The Morgan fingerprint density at radius 2 is 2.03 bits per heavy atom. The van der Waals surface area contributed by atoms with E-state index in [-0.39, 0.29) is 44.6 Å². The van der Waals surface area contributed by atoms with Gasteiger partial charge in [0, 0.05) is 16.7 Å². The zero-order valence-electron chi connectivity index (χ0n) is 18.7. The zero-order valence-corrected chi connectivity index (χ0v) is 19.5. The molecule has 1 amide bonds. The highest BCUT2D eigenvalue weighted by Gasteiger charge is 2.17. The number of halogens is 3. The van der Waals surface area contributed by atoms with Crippen LogP contribution in [0.2, 0.25) is 5.02 Å². The van der Waals surface area contributed by atoms with Crippen molar-refractivity contribution >= 4 is 28.8 Å². The number of primary amides is 1. The molecule has 1 aromatic heterocycles. The first-order valence-corrected chi connectivity index (χ1v) is 10.5. The zero-order chi connectivity index (χ0) is 26.4. The van der Waals surface area contributed by atoms with E-state index in [4.69, 9.17) is 37.5 Å². The molecule has 0 aliphatic carbocycles. The number of carbonyl (C=O) groups excluding carboxylic acids is 1. The smallest absolute Gasteiger partial charge is 0.297 e. The topological polar surface area (TPSA) is 144 Å². The third kappa shape index (κ3) is 6.11. The van der Waals surface area contributed by atoms with Gasteiger partial charge in [-0.05, 0) is 42.0 Å². The lowest BCUT2D eigenvalue weighted by Crippen LogP contribution is -2.26. The highest BCUT2D eigenvalue weighted by atomic mass is 35.5. The predicted molar refractivity (Wildman–Crippen MR) is 127 cm³/mol. The van der Waals surface area contributed by atoms with E-state index < -0.39 is 36.3 Å². The summed E-state index contributed by atoms with van der Waals surface area (Å²) in [6.45, 7) is -1.53. The van der Waals surface area contributed by atoms with Crippen LogP contribution in [0.1, 0.15) is 16.8 Å². The van der Waals surface area contributed by atoms with Crippen molar-refractivity contribution < 1.29 is 23.0 Å². The Bertz CT molecular complexity index is 1480. The van der Waals surface area contributed by atoms with E-state index in [1.807, 2.05) is 6.07 Å². The summed E-state index contributed by atoms with van der Waals surface area (Å²) >= 11 is 5.95. The van der Waals surface area contributed by atoms with Gasteiger partial charge >= 0.3 is 0 Å². The Balaban J connectivity index is 1.96. The number of methoxy groups -OCH3 is 1. The molecule has 0 radical (unpaired) electrons. The van der Waals surface area contributed by atoms with Crippen molar-refractivity contribution in [2.75, 3.05) is 7.11 Å². The molecular weight excluding hydrogens is 496 g/mol. The first kappa shape index (κ1) is 26.1. The van der Waals surface area contributed by atoms with Gasteiger partial charge in [0.15, 0.2) is 0 Å². The first-order chi connectivity index (χ1) is 17.1. The van der Waals surface area contributed by atoms with Gasteiger partial charge in [-0.15, -0.1) is 0 Å². The normalized spacial score (nSPS) is 11.0. The second kappa shape index (κ2) is 11.2. The third-order valence-corrected chi connectivity index (χ3v) is 4.98. The van der Waals surface area contributed by atoms with Gasteiger partial charge < -0.3 is 20.6 Å². The highest BCUT2D eigenvalue weighted by Crippen LogP contribution is 2.26. The number of nitrogens with one attached hydrogen (secondary N) is 1. The quantitative estimate of drug-likeness (QED) is 0.329. The van der Waals surface area contributed by atoms with Crippen LogP contribution in [0.4, 0.5) is 8.78 Å². The van der Waals surface area contributed by atoms with Crippen molar-refractivity contribution in [1.29, 1.82) is 10.7 Å². The molecule has 9 nitrogen and oxygen atoms in total. The fourth-order valence-electron chi connectivity index (χ4n) is 3.15. The Labute approximate surface area is 208 Å². The van der Waals surface area contributed by atoms with Gasteiger partial charge in [-0.2, -0.15) is 5.26 Å². The number of nitrogens with two attached hydrogens (primary N) is 1. The maximum Gasteiger partial charge on any atom is 0.297 e. The molecule has 0 aliphatic heterocycles. The second-order valence-corrected chi connectivity index (χ2v) is 7.74. The van der Waals surface area contributed by atoms with Crippen LogP contribution in [-0.2, 0) is 18.0 Å². The van der Waals surface area contributed by atoms with Gasteiger partial charge in [0.2, 0.25) is 11.7 Å². The molecule has 0 atom stereocenters. The largest absolute Gasteiger partial charge is 0.497 e. The summed E-state index contributed by atoms with van der Waals surface area (Å²) in [5.74, 6) is -1.95. The van der Waals surface area contributed by atoms with Crippen molar-refractivity contribution in [2.24, 2.45) is 5.73 Å². The number of carbonyl (C=O) groups is 1. The van der Waals surface area contributed by atoms with Crippen LogP contribution in [0.25, 0.3) is 5.57 Å². The molecule has 3 N–H and O–H groups in total. The summed E-state index contributed by atoms with van der Waals surface area (Å²) in [5.41, 5.74) is 4.04. The average molecular weight is 514 g/mol. The van der Waals surface area contributed by atoms with Crippen molar-refractivity contribution in [1.82, 2.24) is 9.55 Å². The van der Waals surface area contributed by atoms with Crippen molar-refractivity contribution in [2.45, 2.75) is 13.2 Å². The Kier molecular flexibility index (Phi) is 8.14. The molecular formula is C24H18ClF2N5O4. The number of amides is 1. The molecule has 0 aliphatic rings. The highest BCUT2D eigenvalue weighted by molar-refractivity contribution is 6.30. The van der Waals surface area contributed by atoms with Crippen LogP contribution in [0.15, 0.2) is 53.6 Å². The van der Waals surface area contributed by atoms with E-state index in [2.05, 4.69) is 4.98 Å². The van der Waals surface area contributed by atoms with Crippen molar-refractivity contribution in [3.05, 3.63) is 86.8 Å². The molecule has 0 saturated heterocycles. The van der Waals surface area contributed by atoms with Gasteiger partial charge in [-0.3, -0.25) is 14.2 Å². The van der Waals surface area contributed by atoms with E-state index in [0.29, 0.717) is 0 Å². The molecule has 0 fully saturated rings. The summed E-state index contributed by atoms with van der Waals surface area (Å²) in [6, 6.07) is 9.41. The molecule has 184 valence electrons. The van der Waals surface area contributed by atoms with Crippen LogP contribution in [0.3, 0.4) is 0 Å². The minimum absolute atomic E-state index is 0.0106. The summed E-state index contributed by atoms with van der Waals surface area (Å²) in [4.78, 5) is 28.9. The number of nitriles is 1. The van der Waals surface area contributed by atoms with Crippen LogP contribution in [-0.4, -0.2) is 28.3 Å². The van der Waals surface area contributed by atoms with Crippen LogP contribution < -0.4 is 20.8 Å². The molecule has 1 heterocycles. The lowest BCUT2D eigenvalue weighted by molar-refractivity contribution is -0.112. The first-order valence-electron chi connectivity index (χ1n) is 10.1. The molecule has 12 heteroatoms. The number of benzene rings is 2. The van der Waals surface area contributed by atoms with E-state index in [9.17, 15) is 18.4 Å². The van der Waals surface area contributed by atoms with Gasteiger partial charge in [0.25, 0.3) is 5.56 Å². The van der Waals surface area contributed by atoms with Crippen LogP contribution in [0.5, 0.6) is 17.2 Å². The van der Waals surface area contributed by atoms with Gasteiger partial charge in [0.05, 0.1) is 37.3 Å². The minimum atomic E-state index is -1.12. The van der Waals surface area contributed by atoms with Crippen LogP contribution >= 0.6 is 11.6 Å². The van der Waals surface area contributed by atoms with E-state index in [1.165, 1.54) is 31.4 Å². The number of hydrogen-bond acceptors (Lipinski definition) is 7. The number of allylic oxidation sites excluding steroid dienone is 1. The average Bonchev–Trinajstić information content (AvgIpc) is 2.84. The number of alkyl halides is 1. The fraction of sp³-hybridized carbons (Fsp3) is 0.125. The minimum Gasteiger partial charge on any atom is -0.497 e. The van der Waals surface area contributed by atoms with E-state index in [1.54, 1.807) is 0 Å². The van der Waals surface area contributed by atoms with Crippen LogP contribution in [0, 0.1) is 22.6 Å². The number of ether oxygens (including phenoxy) is 2. The maximum absolute atomic E-state index is 13.9. The number of rotatable bonds is 9. The second-order valence-electron chi connectivity index (χ2n) is 7.30. The predicted octanol–water partition coefficient (Wildman–Crippen LogP) is 3.77. The molecule has 0 spiro atoms. The van der Waals surface area contributed by atoms with E-state index >= 15 is 0 Å². The number of nitrogens with zero attached hydrogens (tertiary/aromatic N) is 3. The molecule has 36 heavy (non-hydrogen) atoms. The fourth-order valence-corrected chi connectivity index (χ4v) is 3.38. The molecule has 0 unspecified atom stereocenters. The molecule has 0 bridgehead atoms. The Morgan fingerprint density at radius 1 is 1.28 bits per heavy atom. The number of aromatic nitrogens is 2. The number of hydrogen-bond donors (Lipinski definition) is 2. The summed E-state index contributed by atoms with van der Waals surface area (Å²) in [6.07, 6.45) is 2.09. The Morgan fingerprint density at radius 3 is 2.67 bits per heavy atom. The lowest BCUT2D eigenvalue weighted by Gasteiger charge is -2.12. The lowest BCUT2D eigenvalue weighted by atomic mass is 10.0. The summed E-state index contributed by atoms with van der Waals surface area (Å²) in [5, 5.41) is 17.5. The van der Waals surface area contributed by atoms with Gasteiger partial charge in [0.1, 0.15) is 29.7 Å². The monoisotopic (exact) mass is 513 g/mol. The van der Waals surface area contributed by atoms with Gasteiger partial charge in [-0.1, -0.05) is 11.6 Å². The maximum atomic E-state index is 13.9. The summed E-state index contributed by atoms with van der Waals surface area (Å²) in [7, 11) is 1.32. The Hall–Kier alpha value is -4.56. The summed E-state index contributed by atoms with van der Waals surface area (Å²) < 4.78 is 38.9. The van der Waals surface area contributed by atoms with Gasteiger partial charge in [-0.25, -0.2) is 13.8 Å². The molecule has 2 aromatic carbocycles.